The van der Waals surface area contributed by atoms with E-state index in [0.717, 1.165) is 11.1 Å². The second-order valence-electron chi connectivity index (χ2n) is 6.27. The Labute approximate surface area is 160 Å². The summed E-state index contributed by atoms with van der Waals surface area (Å²) >= 11 is 7.55. The molecule has 2 aliphatic heterocycles. The minimum Gasteiger partial charge on any atom is -0.312 e. The number of carbonyl (C=O) groups excluding carboxylic acids is 1. The summed E-state index contributed by atoms with van der Waals surface area (Å²) in [7, 11) is 0. The first-order valence-electron chi connectivity index (χ1n) is 8.31. The quantitative estimate of drug-likeness (QED) is 0.747. The van der Waals surface area contributed by atoms with Crippen LogP contribution in [-0.4, -0.2) is 29.2 Å². The van der Waals surface area contributed by atoms with Gasteiger partial charge >= 0.3 is 6.03 Å². The molecule has 2 amide bonds. The van der Waals surface area contributed by atoms with Gasteiger partial charge in [-0.3, -0.25) is 5.32 Å². The molecule has 3 unspecified atom stereocenters. The number of fused-ring (bicyclic) bond motifs is 1. The number of benzene rings is 2. The van der Waals surface area contributed by atoms with Crippen LogP contribution in [0.2, 0.25) is 5.02 Å². The molecule has 4 rings (SSSR count). The van der Waals surface area contributed by atoms with Crippen LogP contribution in [0.3, 0.4) is 0 Å². The summed E-state index contributed by atoms with van der Waals surface area (Å²) in [5.74, 6) is 0.554. The summed E-state index contributed by atoms with van der Waals surface area (Å²) in [5, 5.41) is 8.71. The number of nitrogens with one attached hydrogen (secondary N) is 3. The van der Waals surface area contributed by atoms with Crippen molar-refractivity contribution >= 4 is 29.4 Å². The van der Waals surface area contributed by atoms with Crippen molar-refractivity contribution in [2.45, 2.75) is 23.3 Å². The fraction of sp³-hybridized carbons (Fsp3) is 0.278. The smallest absolute Gasteiger partial charge is 0.312 e. The average Bonchev–Trinajstić information content (AvgIpc) is 3.06. The molecule has 2 aliphatic rings. The summed E-state index contributed by atoms with van der Waals surface area (Å²) in [4.78, 5) is 12.4. The lowest BCUT2D eigenvalue weighted by Gasteiger charge is -2.37. The molecule has 0 spiro atoms. The van der Waals surface area contributed by atoms with Gasteiger partial charge in [0.15, 0.2) is 0 Å². The van der Waals surface area contributed by atoms with E-state index in [4.69, 9.17) is 11.6 Å². The van der Waals surface area contributed by atoms with Crippen LogP contribution in [0, 0.1) is 5.82 Å². The summed E-state index contributed by atoms with van der Waals surface area (Å²) in [5.41, 5.74) is 5.06. The predicted octanol–water partition coefficient (Wildman–Crippen LogP) is 3.24. The molecule has 3 atom stereocenters. The monoisotopic (exact) mass is 392 g/mol. The Kier molecular flexibility index (Phi) is 5.04. The van der Waals surface area contributed by atoms with Gasteiger partial charge in [-0.2, -0.15) is 0 Å². The fourth-order valence-corrected chi connectivity index (χ4v) is 4.31. The van der Waals surface area contributed by atoms with Gasteiger partial charge in [0.05, 0.1) is 0 Å². The van der Waals surface area contributed by atoms with Crippen LogP contribution in [-0.2, 0) is 5.75 Å². The first-order chi connectivity index (χ1) is 12.6. The van der Waals surface area contributed by atoms with E-state index in [1.807, 2.05) is 24.3 Å². The number of hydrazine groups is 1. The Balaban J connectivity index is 1.44. The van der Waals surface area contributed by atoms with Crippen molar-refractivity contribution in [3.63, 3.8) is 0 Å². The maximum atomic E-state index is 13.0. The van der Waals surface area contributed by atoms with Gasteiger partial charge in [0, 0.05) is 23.2 Å². The SMILES string of the molecule is O=C1NC(SCc2ccc(F)cc2)NC2C(c3ccc(Cl)cc3)CNN12. The van der Waals surface area contributed by atoms with Gasteiger partial charge in [-0.25, -0.2) is 19.6 Å². The molecule has 0 radical (unpaired) electrons. The van der Waals surface area contributed by atoms with Crippen molar-refractivity contribution in [1.82, 2.24) is 21.1 Å². The van der Waals surface area contributed by atoms with Gasteiger partial charge in [0.25, 0.3) is 0 Å². The van der Waals surface area contributed by atoms with E-state index in [1.165, 1.54) is 12.1 Å². The third-order valence-electron chi connectivity index (χ3n) is 4.56. The van der Waals surface area contributed by atoms with E-state index in [2.05, 4.69) is 16.1 Å². The maximum absolute atomic E-state index is 13.0. The van der Waals surface area contributed by atoms with E-state index in [1.54, 1.807) is 28.9 Å². The highest BCUT2D eigenvalue weighted by atomic mass is 35.5. The number of halogens is 2. The van der Waals surface area contributed by atoms with E-state index in [-0.39, 0.29) is 29.4 Å². The molecule has 5 nitrogen and oxygen atoms in total. The third kappa shape index (κ3) is 3.66. The van der Waals surface area contributed by atoms with Crippen molar-refractivity contribution in [2.24, 2.45) is 0 Å². The Morgan fingerprint density at radius 3 is 2.62 bits per heavy atom. The number of thioether (sulfide) groups is 1. The normalized spacial score (nSPS) is 25.1. The van der Waals surface area contributed by atoms with E-state index >= 15 is 0 Å². The van der Waals surface area contributed by atoms with Crippen LogP contribution in [0.4, 0.5) is 9.18 Å². The van der Waals surface area contributed by atoms with Crippen molar-refractivity contribution < 1.29 is 9.18 Å². The first kappa shape index (κ1) is 17.6. The van der Waals surface area contributed by atoms with Crippen LogP contribution < -0.4 is 16.1 Å². The van der Waals surface area contributed by atoms with Crippen molar-refractivity contribution in [3.05, 3.63) is 70.5 Å². The van der Waals surface area contributed by atoms with Gasteiger partial charge < -0.3 is 5.32 Å². The summed E-state index contributed by atoms with van der Waals surface area (Å²) in [6, 6.07) is 14.0. The number of carbonyl (C=O) groups is 1. The van der Waals surface area contributed by atoms with E-state index < -0.39 is 0 Å². The molecule has 136 valence electrons. The average molecular weight is 393 g/mol. The number of hydrogen-bond acceptors (Lipinski definition) is 4. The van der Waals surface area contributed by atoms with Gasteiger partial charge in [-0.1, -0.05) is 35.9 Å². The van der Waals surface area contributed by atoms with E-state index in [9.17, 15) is 9.18 Å². The van der Waals surface area contributed by atoms with Gasteiger partial charge in [0.2, 0.25) is 0 Å². The van der Waals surface area contributed by atoms with Crippen LogP contribution in [0.25, 0.3) is 0 Å². The first-order valence-corrected chi connectivity index (χ1v) is 9.73. The summed E-state index contributed by atoms with van der Waals surface area (Å²) in [6.45, 7) is 0.669. The summed E-state index contributed by atoms with van der Waals surface area (Å²) < 4.78 is 13.0. The third-order valence-corrected chi connectivity index (χ3v) is 5.90. The number of nitrogens with zero attached hydrogens (tertiary/aromatic N) is 1. The Morgan fingerprint density at radius 2 is 1.88 bits per heavy atom. The molecule has 2 aromatic rings. The standard InChI is InChI=1S/C18H18ClFN4OS/c19-13-5-3-12(4-6-13)15-9-21-24-16(15)22-17(23-18(24)25)26-10-11-1-7-14(20)8-2-11/h1-8,15-17,21-22H,9-10H2,(H,23,25). The second kappa shape index (κ2) is 7.44. The molecular weight excluding hydrogens is 375 g/mol. The Hall–Kier alpha value is -1.80. The number of urea groups is 1. The molecule has 0 bridgehead atoms. The van der Waals surface area contributed by atoms with Crippen molar-refractivity contribution in [2.75, 3.05) is 6.54 Å². The minimum atomic E-state index is -0.249. The highest BCUT2D eigenvalue weighted by Gasteiger charge is 2.43. The molecule has 0 aliphatic carbocycles. The molecule has 2 saturated heterocycles. The summed E-state index contributed by atoms with van der Waals surface area (Å²) in [6.07, 6.45) is -0.143. The van der Waals surface area contributed by atoms with E-state index in [0.29, 0.717) is 17.3 Å². The largest absolute Gasteiger partial charge is 0.335 e. The molecule has 3 N–H and O–H groups in total. The van der Waals surface area contributed by atoms with Crippen LogP contribution >= 0.6 is 23.4 Å². The Morgan fingerprint density at radius 1 is 1.15 bits per heavy atom. The maximum Gasteiger partial charge on any atom is 0.335 e. The zero-order valence-electron chi connectivity index (χ0n) is 13.8. The molecule has 0 aromatic heterocycles. The fourth-order valence-electron chi connectivity index (χ4n) is 3.21. The molecule has 0 saturated carbocycles. The molecule has 26 heavy (non-hydrogen) atoms. The van der Waals surface area contributed by atoms with Gasteiger partial charge in [0.1, 0.15) is 17.5 Å². The van der Waals surface area contributed by atoms with Crippen molar-refractivity contribution in [1.29, 1.82) is 0 Å². The number of hydrogen-bond donors (Lipinski definition) is 3. The zero-order chi connectivity index (χ0) is 18.1. The zero-order valence-corrected chi connectivity index (χ0v) is 15.4. The second-order valence-corrected chi connectivity index (χ2v) is 7.80. The number of amides is 2. The lowest BCUT2D eigenvalue weighted by Crippen LogP contribution is -2.65. The van der Waals surface area contributed by atoms with Gasteiger partial charge in [-0.05, 0) is 35.4 Å². The molecule has 2 aromatic carbocycles. The molecule has 2 fully saturated rings. The lowest BCUT2D eigenvalue weighted by atomic mass is 9.97. The molecule has 8 heteroatoms. The predicted molar refractivity (Wildman–Crippen MR) is 101 cm³/mol. The molecular formula is C18H18ClFN4OS. The lowest BCUT2D eigenvalue weighted by molar-refractivity contribution is 0.128. The van der Waals surface area contributed by atoms with Gasteiger partial charge in [-0.15, -0.1) is 11.8 Å². The number of rotatable bonds is 4. The highest BCUT2D eigenvalue weighted by molar-refractivity contribution is 7.99. The minimum absolute atomic E-state index is 0.132. The Bertz CT molecular complexity index is 789. The van der Waals surface area contributed by atoms with Crippen molar-refractivity contribution in [3.8, 4) is 0 Å². The van der Waals surface area contributed by atoms with Crippen LogP contribution in [0.5, 0.6) is 0 Å². The van der Waals surface area contributed by atoms with Crippen LogP contribution in [0.15, 0.2) is 48.5 Å². The topological polar surface area (TPSA) is 56.4 Å². The van der Waals surface area contributed by atoms with Crippen LogP contribution in [0.1, 0.15) is 17.0 Å². The molecule has 2 heterocycles. The highest BCUT2D eigenvalue weighted by Crippen LogP contribution is 2.30.